The first-order chi connectivity index (χ1) is 17.4. The van der Waals surface area contributed by atoms with Crippen LogP contribution in [0.3, 0.4) is 0 Å². The summed E-state index contributed by atoms with van der Waals surface area (Å²) in [5.74, 6) is -4.01. The number of allylic oxidation sites excluding steroid dienone is 1. The van der Waals surface area contributed by atoms with E-state index < -0.39 is 23.3 Å². The summed E-state index contributed by atoms with van der Waals surface area (Å²) in [6, 6.07) is 19.8. The lowest BCUT2D eigenvalue weighted by Gasteiger charge is -2.09. The molecule has 0 spiro atoms. The van der Waals surface area contributed by atoms with E-state index in [4.69, 9.17) is 4.74 Å². The zero-order valence-corrected chi connectivity index (χ0v) is 19.9. The first-order valence-electron chi connectivity index (χ1n) is 11.5. The summed E-state index contributed by atoms with van der Waals surface area (Å²) in [7, 11) is 0. The molecular weight excluding hydrogens is 464 g/mol. The van der Waals surface area contributed by atoms with Gasteiger partial charge in [-0.2, -0.15) is 4.39 Å². The van der Waals surface area contributed by atoms with E-state index in [1.165, 1.54) is 24.3 Å². The summed E-state index contributed by atoms with van der Waals surface area (Å²) >= 11 is 0. The van der Waals surface area contributed by atoms with Crippen molar-refractivity contribution in [2.24, 2.45) is 0 Å². The minimum Gasteiger partial charge on any atom is -0.491 e. The van der Waals surface area contributed by atoms with Crippen LogP contribution in [-0.4, -0.2) is 6.61 Å². The van der Waals surface area contributed by atoms with Crippen molar-refractivity contribution >= 4 is 18.2 Å². The third-order valence-electron chi connectivity index (χ3n) is 5.72. The van der Waals surface area contributed by atoms with Crippen molar-refractivity contribution in [2.45, 2.75) is 13.8 Å². The molecule has 0 atom stereocenters. The number of rotatable bonds is 7. The Balaban J connectivity index is 1.54. The van der Waals surface area contributed by atoms with Gasteiger partial charge in [-0.15, -0.1) is 0 Å². The molecule has 4 rings (SSSR count). The average molecular weight is 489 g/mol. The minimum atomic E-state index is -1.03. The molecule has 0 aliphatic rings. The third kappa shape index (κ3) is 5.25. The summed E-state index contributed by atoms with van der Waals surface area (Å²) in [5, 5.41) is 0. The number of hydrogen-bond donors (Lipinski definition) is 0. The number of halogens is 4. The van der Waals surface area contributed by atoms with Crippen LogP contribution in [0.5, 0.6) is 5.75 Å². The van der Waals surface area contributed by atoms with Crippen molar-refractivity contribution in [3.8, 4) is 28.0 Å². The fourth-order valence-corrected chi connectivity index (χ4v) is 3.86. The summed E-state index contributed by atoms with van der Waals surface area (Å²) in [4.78, 5) is 0. The Morgan fingerprint density at radius 3 is 1.67 bits per heavy atom. The van der Waals surface area contributed by atoms with E-state index in [-0.39, 0.29) is 29.0 Å². The van der Waals surface area contributed by atoms with E-state index in [2.05, 4.69) is 0 Å². The molecule has 0 aliphatic carbocycles. The van der Waals surface area contributed by atoms with Crippen molar-refractivity contribution in [3.63, 3.8) is 0 Å². The maximum Gasteiger partial charge on any atom is 0.201 e. The Morgan fingerprint density at radius 1 is 0.583 bits per heavy atom. The molecule has 4 aromatic carbocycles. The number of benzene rings is 4. The third-order valence-corrected chi connectivity index (χ3v) is 5.72. The maximum absolute atomic E-state index is 14.8. The second-order valence-corrected chi connectivity index (χ2v) is 8.08. The van der Waals surface area contributed by atoms with Gasteiger partial charge in [0.2, 0.25) is 5.82 Å². The minimum absolute atomic E-state index is 0.102. The fraction of sp³-hybridized carbons (Fsp3) is 0.0968. The molecule has 36 heavy (non-hydrogen) atoms. The molecule has 0 fully saturated rings. The molecular formula is C31H24F4O. The molecule has 182 valence electrons. The highest BCUT2D eigenvalue weighted by Gasteiger charge is 2.16. The molecule has 0 radical (unpaired) electrons. The quantitative estimate of drug-likeness (QED) is 0.186. The molecule has 0 unspecified atom stereocenters. The smallest absolute Gasteiger partial charge is 0.201 e. The van der Waals surface area contributed by atoms with Gasteiger partial charge in [0.25, 0.3) is 0 Å². The molecule has 5 heteroatoms. The van der Waals surface area contributed by atoms with Gasteiger partial charge < -0.3 is 4.74 Å². The first kappa shape index (κ1) is 25.0. The zero-order valence-electron chi connectivity index (χ0n) is 19.9. The van der Waals surface area contributed by atoms with E-state index in [0.29, 0.717) is 16.7 Å². The lowest BCUT2D eigenvalue weighted by molar-refractivity contribution is 0.314. The van der Waals surface area contributed by atoms with Crippen molar-refractivity contribution in [2.75, 3.05) is 6.61 Å². The van der Waals surface area contributed by atoms with Gasteiger partial charge >= 0.3 is 0 Å². The molecule has 1 nitrogen and oxygen atoms in total. The van der Waals surface area contributed by atoms with E-state index in [0.717, 1.165) is 5.56 Å². The molecule has 0 amide bonds. The van der Waals surface area contributed by atoms with E-state index in [1.807, 2.05) is 31.2 Å². The second-order valence-electron chi connectivity index (χ2n) is 8.08. The lowest BCUT2D eigenvalue weighted by atomic mass is 10.00. The lowest BCUT2D eigenvalue weighted by Crippen LogP contribution is -1.98. The van der Waals surface area contributed by atoms with Crippen LogP contribution in [0.15, 0.2) is 78.9 Å². The molecule has 0 aliphatic heterocycles. The van der Waals surface area contributed by atoms with Gasteiger partial charge in [-0.1, -0.05) is 85.0 Å². The van der Waals surface area contributed by atoms with Crippen molar-refractivity contribution < 1.29 is 22.3 Å². The van der Waals surface area contributed by atoms with Gasteiger partial charge in [-0.05, 0) is 48.2 Å². The SMILES string of the molecule is C/C=C/c1ccc(-c2ccc(/C=C/c3ccc(-c4ccc(OCC)c(F)c4F)cc3)c(F)c2F)cc1. The fourth-order valence-electron chi connectivity index (χ4n) is 3.86. The Morgan fingerprint density at radius 2 is 1.11 bits per heavy atom. The van der Waals surface area contributed by atoms with Crippen molar-refractivity contribution in [3.05, 3.63) is 119 Å². The highest BCUT2D eigenvalue weighted by atomic mass is 19.2. The Labute approximate surface area is 208 Å². The molecule has 0 saturated carbocycles. The topological polar surface area (TPSA) is 9.23 Å². The highest BCUT2D eigenvalue weighted by molar-refractivity contribution is 5.75. The van der Waals surface area contributed by atoms with Crippen LogP contribution in [0.1, 0.15) is 30.5 Å². The van der Waals surface area contributed by atoms with Gasteiger partial charge in [0, 0.05) is 16.7 Å². The second kappa shape index (κ2) is 11.1. The molecule has 0 aromatic heterocycles. The predicted octanol–water partition coefficient (Wildman–Crippen LogP) is 9.18. The van der Waals surface area contributed by atoms with Crippen LogP contribution in [0.4, 0.5) is 17.6 Å². The molecule has 0 heterocycles. The summed E-state index contributed by atoms with van der Waals surface area (Å²) in [6.45, 7) is 3.83. The number of ether oxygens (including phenoxy) is 1. The molecule has 4 aromatic rings. The van der Waals surface area contributed by atoms with Crippen LogP contribution in [0, 0.1) is 23.3 Å². The van der Waals surface area contributed by atoms with Crippen LogP contribution < -0.4 is 4.74 Å². The normalized spacial score (nSPS) is 11.5. The molecule has 0 bridgehead atoms. The van der Waals surface area contributed by atoms with Crippen molar-refractivity contribution in [1.82, 2.24) is 0 Å². The number of hydrogen-bond acceptors (Lipinski definition) is 1. The summed E-state index contributed by atoms with van der Waals surface area (Å²) < 4.78 is 63.4. The van der Waals surface area contributed by atoms with Crippen molar-refractivity contribution in [1.29, 1.82) is 0 Å². The zero-order chi connectivity index (χ0) is 25.7. The van der Waals surface area contributed by atoms with E-state index in [1.54, 1.807) is 55.5 Å². The summed E-state index contributed by atoms with van der Waals surface area (Å²) in [5.41, 5.74) is 3.12. The van der Waals surface area contributed by atoms with Gasteiger partial charge in [-0.3, -0.25) is 0 Å². The molecule has 0 saturated heterocycles. The Bertz CT molecular complexity index is 1420. The van der Waals surface area contributed by atoms with Gasteiger partial charge in [-0.25, -0.2) is 13.2 Å². The summed E-state index contributed by atoms with van der Waals surface area (Å²) in [6.07, 6.45) is 6.93. The first-order valence-corrected chi connectivity index (χ1v) is 11.5. The monoisotopic (exact) mass is 488 g/mol. The highest BCUT2D eigenvalue weighted by Crippen LogP contribution is 2.31. The van der Waals surface area contributed by atoms with Crippen LogP contribution >= 0.6 is 0 Å². The average Bonchev–Trinajstić information content (AvgIpc) is 2.89. The molecule has 0 N–H and O–H groups in total. The largest absolute Gasteiger partial charge is 0.491 e. The maximum atomic E-state index is 14.8. The van der Waals surface area contributed by atoms with Crippen LogP contribution in [0.25, 0.3) is 40.5 Å². The Kier molecular flexibility index (Phi) is 7.69. The van der Waals surface area contributed by atoms with Gasteiger partial charge in [0.15, 0.2) is 23.2 Å². The predicted molar refractivity (Wildman–Crippen MR) is 138 cm³/mol. The Hall–Kier alpha value is -4.12. The van der Waals surface area contributed by atoms with Crippen LogP contribution in [0.2, 0.25) is 0 Å². The van der Waals surface area contributed by atoms with Crippen LogP contribution in [-0.2, 0) is 0 Å². The van der Waals surface area contributed by atoms with E-state index in [9.17, 15) is 17.6 Å². The van der Waals surface area contributed by atoms with Gasteiger partial charge in [0.1, 0.15) is 0 Å². The van der Waals surface area contributed by atoms with Gasteiger partial charge in [0.05, 0.1) is 6.61 Å². The van der Waals surface area contributed by atoms with E-state index >= 15 is 0 Å². The standard InChI is InChI=1S/C31H24F4O/c1-3-5-20-6-11-22(12-7-20)25-17-16-24(28(32)29(25)33)15-10-21-8-13-23(14-9-21)26-18-19-27(36-4-2)31(35)30(26)34/h3,5-19H,4H2,1-2H3/b5-3+,15-10+.